The third-order valence-corrected chi connectivity index (χ3v) is 22.6. The first kappa shape index (κ1) is 52.0. The van der Waals surface area contributed by atoms with Gasteiger partial charge in [-0.25, -0.2) is 0 Å². The van der Waals surface area contributed by atoms with E-state index in [1.54, 1.807) is 0 Å². The molecule has 0 fully saturated rings. The Labute approximate surface area is 538 Å². The van der Waals surface area contributed by atoms with E-state index in [9.17, 15) is 0 Å². The van der Waals surface area contributed by atoms with Crippen LogP contribution in [-0.4, -0.2) is 30.6 Å². The summed E-state index contributed by atoms with van der Waals surface area (Å²) in [6.45, 7) is 5.41. The van der Waals surface area contributed by atoms with Gasteiger partial charge in [0.15, 0.2) is 5.84 Å². The number of para-hydroxylation sites is 5. The van der Waals surface area contributed by atoms with Gasteiger partial charge in [0.25, 0.3) is 0 Å². The zero-order chi connectivity index (χ0) is 60.4. The van der Waals surface area contributed by atoms with Gasteiger partial charge in [0, 0.05) is 86.9 Å². The van der Waals surface area contributed by atoms with Crippen molar-refractivity contribution in [3.63, 3.8) is 0 Å². The normalized spacial score (nSPS) is 15.0. The van der Waals surface area contributed by atoms with Gasteiger partial charge >= 0.3 is 0 Å². The maximum Gasteiger partial charge on any atom is 0.150 e. The van der Waals surface area contributed by atoms with Crippen molar-refractivity contribution in [2.24, 2.45) is 10.9 Å². The highest BCUT2D eigenvalue weighted by molar-refractivity contribution is 7.21. The summed E-state index contributed by atoms with van der Waals surface area (Å²) in [5, 5.41) is 12.6. The van der Waals surface area contributed by atoms with Gasteiger partial charge in [-0.1, -0.05) is 178 Å². The predicted molar refractivity (Wildman–Crippen MR) is 393 cm³/mol. The zero-order valence-corrected chi connectivity index (χ0v) is 52.2. The van der Waals surface area contributed by atoms with Crippen LogP contribution >= 0.6 is 22.7 Å². The van der Waals surface area contributed by atoms with Crippen molar-refractivity contribution < 1.29 is 0 Å². The van der Waals surface area contributed by atoms with Crippen LogP contribution in [0.25, 0.3) is 164 Å². The van der Waals surface area contributed by atoms with Crippen molar-refractivity contribution in [2.75, 3.05) is 6.54 Å². The molecule has 6 aromatic heterocycles. The monoisotopic (exact) mass is 1210 g/mol. The number of benzene rings is 12. The second kappa shape index (κ2) is 19.8. The Morgan fingerprint density at radius 1 is 0.370 bits per heavy atom. The molecule has 0 amide bonds. The molecule has 2 atom stereocenters. The molecular formula is C85H57N5S2. The number of hydrogen-bond donors (Lipinski definition) is 0. The molecule has 1 aliphatic carbocycles. The van der Waals surface area contributed by atoms with Crippen LogP contribution < -0.4 is 0 Å². The largest absolute Gasteiger partial charge is 0.309 e. The molecule has 2 aliphatic rings. The Morgan fingerprint density at radius 3 is 1.60 bits per heavy atom. The van der Waals surface area contributed by atoms with E-state index in [0.717, 1.165) is 35.9 Å². The quantitative estimate of drug-likeness (QED) is 0.159. The lowest BCUT2D eigenvalue weighted by molar-refractivity contribution is 0.724. The molecule has 0 radical (unpaired) electrons. The van der Waals surface area contributed by atoms with Crippen molar-refractivity contribution in [1.82, 2.24) is 18.3 Å². The zero-order valence-electron chi connectivity index (χ0n) is 50.6. The van der Waals surface area contributed by atoms with Crippen LogP contribution in [0.2, 0.25) is 0 Å². The molecular weight excluding hydrogens is 1160 g/mol. The molecule has 434 valence electrons. The van der Waals surface area contributed by atoms with Crippen LogP contribution in [0.3, 0.4) is 0 Å². The Kier molecular flexibility index (Phi) is 11.2. The highest BCUT2D eigenvalue weighted by Crippen LogP contribution is 2.47. The molecule has 92 heavy (non-hydrogen) atoms. The minimum atomic E-state index is 0.275. The standard InChI is InChI=1S/C85H57N5S2/c1-50-35-41-79-69(43-50)65-28-15-27-60(83(65)91-79)54-19-13-17-52(44-54)53-18-14-20-56(45-53)87-72-30-9-6-24-64(72)68-47-57(37-40-77(68)87)88-71-29-8-5-23-63(71)67-46-55(36-39-76(67)88)59-26-16-34-78-82(59)66-25-7-12-33-75(66)89(78)58-38-42-80-70(48-58)81-51(2)49-86-85(84(81)92-80)90-73-31-10-3-21-61(73)62-22-4-11-32-74(62)90/h3-42,44-48,50-51H,43,49H2,1-2H3. The molecule has 20 rings (SSSR count). The average molecular weight is 1210 g/mol. The van der Waals surface area contributed by atoms with Crippen LogP contribution in [0, 0.1) is 5.92 Å². The highest BCUT2D eigenvalue weighted by atomic mass is 32.1. The third-order valence-electron chi connectivity index (χ3n) is 20.1. The first-order valence-electron chi connectivity index (χ1n) is 32.1. The number of allylic oxidation sites excluding steroid dienone is 1. The number of aliphatic imine (C=N–C) groups is 1. The summed E-state index contributed by atoms with van der Waals surface area (Å²) in [5.74, 6) is 1.89. The second-order valence-corrected chi connectivity index (χ2v) is 27.6. The van der Waals surface area contributed by atoms with Crippen LogP contribution in [0.5, 0.6) is 0 Å². The molecule has 0 saturated heterocycles. The minimum absolute atomic E-state index is 0.275. The van der Waals surface area contributed by atoms with Crippen molar-refractivity contribution in [3.8, 4) is 50.4 Å². The van der Waals surface area contributed by atoms with Crippen molar-refractivity contribution in [3.05, 3.63) is 288 Å². The molecule has 7 heteroatoms. The summed E-state index contributed by atoms with van der Waals surface area (Å²) in [5.41, 5.74) is 23.2. The van der Waals surface area contributed by atoms with Crippen LogP contribution in [0.4, 0.5) is 0 Å². The van der Waals surface area contributed by atoms with E-state index < -0.39 is 0 Å². The predicted octanol–water partition coefficient (Wildman–Crippen LogP) is 23.1. The van der Waals surface area contributed by atoms with Crippen molar-refractivity contribution in [2.45, 2.75) is 26.2 Å². The van der Waals surface area contributed by atoms with Crippen LogP contribution in [0.1, 0.15) is 40.6 Å². The average Bonchev–Trinajstić information content (AvgIpc) is 1.59. The molecule has 7 heterocycles. The maximum atomic E-state index is 5.38. The van der Waals surface area contributed by atoms with Gasteiger partial charge in [-0.2, -0.15) is 0 Å². The molecule has 0 spiro atoms. The van der Waals surface area contributed by atoms with Gasteiger partial charge in [-0.05, 0) is 177 Å². The smallest absolute Gasteiger partial charge is 0.150 e. The number of nitrogens with zero attached hydrogens (tertiary/aromatic N) is 5. The highest BCUT2D eigenvalue weighted by Gasteiger charge is 2.30. The lowest BCUT2D eigenvalue weighted by Gasteiger charge is -2.21. The maximum absolute atomic E-state index is 5.38. The Bertz CT molecular complexity index is 6210. The summed E-state index contributed by atoms with van der Waals surface area (Å²) >= 11 is 3.82. The van der Waals surface area contributed by atoms with Gasteiger partial charge in [-0.15, -0.1) is 22.7 Å². The van der Waals surface area contributed by atoms with E-state index in [1.807, 2.05) is 22.7 Å². The van der Waals surface area contributed by atoms with E-state index in [1.165, 1.54) is 162 Å². The van der Waals surface area contributed by atoms with E-state index in [4.69, 9.17) is 4.99 Å². The van der Waals surface area contributed by atoms with E-state index >= 15 is 0 Å². The van der Waals surface area contributed by atoms with Crippen molar-refractivity contribution >= 4 is 142 Å². The Morgan fingerprint density at radius 2 is 0.870 bits per heavy atom. The second-order valence-electron chi connectivity index (χ2n) is 25.4. The number of aromatic nitrogens is 4. The molecule has 0 bridgehead atoms. The number of hydrogen-bond acceptors (Lipinski definition) is 3. The molecule has 5 nitrogen and oxygen atoms in total. The fraction of sp³-hybridized carbons (Fsp3) is 0.0706. The van der Waals surface area contributed by atoms with E-state index in [-0.39, 0.29) is 5.92 Å². The summed E-state index contributed by atoms with van der Waals surface area (Å²) in [6, 6.07) is 97.7. The molecule has 0 N–H and O–H groups in total. The molecule has 18 aromatic rings. The first-order valence-corrected chi connectivity index (χ1v) is 33.7. The van der Waals surface area contributed by atoms with Gasteiger partial charge in [0.2, 0.25) is 0 Å². The molecule has 0 saturated carbocycles. The first-order chi connectivity index (χ1) is 45.5. The molecule has 12 aromatic carbocycles. The van der Waals surface area contributed by atoms with E-state index in [0.29, 0.717) is 5.92 Å². The lowest BCUT2D eigenvalue weighted by atomic mass is 9.92. The van der Waals surface area contributed by atoms with Gasteiger partial charge in [-0.3, -0.25) is 9.56 Å². The summed E-state index contributed by atoms with van der Waals surface area (Å²) in [6.07, 6.45) is 5.80. The van der Waals surface area contributed by atoms with E-state index in [2.05, 4.69) is 305 Å². The molecule has 1 aliphatic heterocycles. The van der Waals surface area contributed by atoms with Gasteiger partial charge in [0.1, 0.15) is 0 Å². The Hall–Kier alpha value is -10.8. The third kappa shape index (κ3) is 7.55. The topological polar surface area (TPSA) is 32.1 Å². The van der Waals surface area contributed by atoms with Crippen LogP contribution in [0.15, 0.2) is 272 Å². The van der Waals surface area contributed by atoms with Crippen molar-refractivity contribution in [1.29, 1.82) is 0 Å². The number of fused-ring (bicyclic) bond motifs is 18. The Balaban J connectivity index is 0.680. The fourth-order valence-electron chi connectivity index (χ4n) is 16.0. The van der Waals surface area contributed by atoms with Gasteiger partial charge in [0.05, 0.1) is 49.0 Å². The number of thiophene rings is 2. The number of rotatable bonds is 6. The SMILES string of the molecule is CC1C=Cc2sc3c(-c4cccc(-c5cccc(-n6c7ccccc7c7cc(-n8c9ccccc9c9cc(-c%10cccc%11c%10c%10ccccc%10n%11-c%10ccc%11sc%12c(c%11c%10)C(C)CN=C%12n%10c%11ccccc%11c%11ccccc%11%10)ccc98)ccc76)c5)c4)cccc3c2C1. The summed E-state index contributed by atoms with van der Waals surface area (Å²) < 4.78 is 12.5. The fourth-order valence-corrected chi connectivity index (χ4v) is 18.6. The summed E-state index contributed by atoms with van der Waals surface area (Å²) in [4.78, 5) is 8.05. The lowest BCUT2D eigenvalue weighted by Crippen LogP contribution is -2.20. The minimum Gasteiger partial charge on any atom is -0.309 e. The molecule has 2 unspecified atom stereocenters. The van der Waals surface area contributed by atoms with Gasteiger partial charge < -0.3 is 13.7 Å². The van der Waals surface area contributed by atoms with Crippen LogP contribution in [-0.2, 0) is 6.42 Å². The summed E-state index contributed by atoms with van der Waals surface area (Å²) in [7, 11) is 0.